The smallest absolute Gasteiger partial charge is 0.497 e. The number of halogens is 4. The normalized spacial score (nSPS) is 18.2. The molecule has 0 radical (unpaired) electrons. The Kier molecular flexibility index (Phi) is 17.8. The zero-order valence-corrected chi connectivity index (χ0v) is 46.3. The van der Waals surface area contributed by atoms with Gasteiger partial charge in [0.1, 0.15) is 16.4 Å². The number of amides is 1. The van der Waals surface area contributed by atoms with Gasteiger partial charge in [0.2, 0.25) is 0 Å². The Hall–Kier alpha value is -5.32. The van der Waals surface area contributed by atoms with Crippen molar-refractivity contribution in [2.75, 3.05) is 109 Å². The molecule has 1 amide bonds. The largest absolute Gasteiger partial charge is 0.501 e. The lowest BCUT2D eigenvalue weighted by molar-refractivity contribution is -0.0436. The van der Waals surface area contributed by atoms with E-state index in [4.69, 9.17) is 25.8 Å². The molecule has 412 valence electrons. The van der Waals surface area contributed by atoms with Crippen LogP contribution >= 0.6 is 23.4 Å². The van der Waals surface area contributed by atoms with Gasteiger partial charge in [-0.1, -0.05) is 53.6 Å². The first-order valence-electron chi connectivity index (χ1n) is 25.7. The van der Waals surface area contributed by atoms with Crippen LogP contribution in [0.3, 0.4) is 0 Å². The summed E-state index contributed by atoms with van der Waals surface area (Å²) < 4.78 is 115. The number of rotatable bonds is 20. The van der Waals surface area contributed by atoms with Crippen molar-refractivity contribution in [1.29, 1.82) is 0 Å². The van der Waals surface area contributed by atoms with E-state index in [-0.39, 0.29) is 11.0 Å². The molecule has 4 aliphatic rings. The summed E-state index contributed by atoms with van der Waals surface area (Å²) >= 11 is 7.77. The van der Waals surface area contributed by atoms with Crippen molar-refractivity contribution in [1.82, 2.24) is 19.4 Å². The van der Waals surface area contributed by atoms with Gasteiger partial charge in [0, 0.05) is 117 Å². The average molecular weight is 1140 g/mol. The van der Waals surface area contributed by atoms with Gasteiger partial charge in [0.25, 0.3) is 25.8 Å². The van der Waals surface area contributed by atoms with Gasteiger partial charge in [-0.05, 0) is 115 Å². The molecule has 1 aliphatic carbocycles. The summed E-state index contributed by atoms with van der Waals surface area (Å²) in [6, 6.07) is 31.8. The highest BCUT2D eigenvalue weighted by Gasteiger charge is 2.49. The van der Waals surface area contributed by atoms with E-state index in [9.17, 15) is 34.8 Å². The molecule has 1 atom stereocenters. The van der Waals surface area contributed by atoms with E-state index in [1.54, 1.807) is 26.4 Å². The number of likely N-dealkylation sites (tertiary alicyclic amines) is 1. The molecule has 21 heteroatoms. The van der Waals surface area contributed by atoms with Gasteiger partial charge in [0.05, 0.1) is 38.0 Å². The number of sulfone groups is 1. The number of hydrogen-bond acceptors (Lipinski definition) is 14. The van der Waals surface area contributed by atoms with Gasteiger partial charge in [-0.3, -0.25) is 19.5 Å². The van der Waals surface area contributed by atoms with Crippen LogP contribution in [0.2, 0.25) is 5.02 Å². The van der Waals surface area contributed by atoms with Crippen LogP contribution in [0.4, 0.5) is 24.5 Å². The number of morpholine rings is 1. The molecule has 9 rings (SSSR count). The van der Waals surface area contributed by atoms with Crippen molar-refractivity contribution < 1.29 is 49.0 Å². The summed E-state index contributed by atoms with van der Waals surface area (Å²) in [6.07, 6.45) is 3.52. The SMILES string of the molecule is COc1ccc(CN2CC3(CCC(c4ccc(Cl)cc4)=C(CN4CCN(c5ccc(C(=O)NS(=O)(=O)c6ccc(N[C@H](CCN7CCOCC7)CSc7ccccc7)c(S(=O)(=O)C(F)(F)F)c6)cc5)CC4)C3)C2)c(OC)c1. The summed E-state index contributed by atoms with van der Waals surface area (Å²) in [7, 11) is -7.61. The third kappa shape index (κ3) is 13.8. The Labute approximate surface area is 458 Å². The van der Waals surface area contributed by atoms with E-state index in [0.29, 0.717) is 69.2 Å². The highest BCUT2D eigenvalue weighted by molar-refractivity contribution is 7.99. The number of sulfonamides is 1. The molecular weight excluding hydrogens is 1070 g/mol. The standard InChI is InChI=1S/C56H64ClF3N6O8S3/c1-72-47-17-12-42(52(32-47)73-2)35-65-38-55(39-65)22-20-50(40-8-13-44(57)14-9-40)43(34-55)36-64-24-26-66(27-25-64)46-15-10-41(11-16-46)54(67)62-77(70,71)49-18-19-51(53(33-49)76(68,69)56(58,59)60)61-45(21-23-63-28-30-74-31-29-63)37-75-48-6-4-3-5-7-48/h3-19,32-33,45,61H,20-31,34-39H2,1-2H3,(H,62,67)/t45-/m1/s1. The van der Waals surface area contributed by atoms with Gasteiger partial charge in [0.15, 0.2) is 0 Å². The maximum absolute atomic E-state index is 14.3. The van der Waals surface area contributed by atoms with E-state index in [2.05, 4.69) is 43.1 Å². The number of alkyl halides is 3. The Morgan fingerprint density at radius 2 is 1.52 bits per heavy atom. The molecule has 14 nitrogen and oxygen atoms in total. The number of nitrogens with one attached hydrogen (secondary N) is 2. The lowest BCUT2D eigenvalue weighted by Gasteiger charge is -2.54. The van der Waals surface area contributed by atoms with E-state index in [1.807, 2.05) is 59.3 Å². The van der Waals surface area contributed by atoms with Gasteiger partial charge in [-0.25, -0.2) is 21.6 Å². The third-order valence-electron chi connectivity index (χ3n) is 14.9. The van der Waals surface area contributed by atoms with Gasteiger partial charge in [-0.15, -0.1) is 11.8 Å². The summed E-state index contributed by atoms with van der Waals surface area (Å²) in [5, 5.41) is 3.70. The molecule has 3 saturated heterocycles. The summed E-state index contributed by atoms with van der Waals surface area (Å²) in [5.41, 5.74) is 0.0136. The van der Waals surface area contributed by atoms with Crippen LogP contribution in [-0.2, 0) is 31.1 Å². The van der Waals surface area contributed by atoms with Crippen molar-refractivity contribution in [3.63, 3.8) is 0 Å². The monoisotopic (exact) mass is 1140 g/mol. The van der Waals surface area contributed by atoms with Crippen molar-refractivity contribution in [2.45, 2.75) is 58.5 Å². The number of carbonyl (C=O) groups excluding carboxylic acids is 1. The fourth-order valence-corrected chi connectivity index (χ4v) is 13.9. The molecule has 0 bridgehead atoms. The van der Waals surface area contributed by atoms with Crippen molar-refractivity contribution in [2.24, 2.45) is 5.41 Å². The summed E-state index contributed by atoms with van der Waals surface area (Å²) in [6.45, 7) is 9.61. The van der Waals surface area contributed by atoms with E-state index >= 15 is 0 Å². The number of piperazine rings is 1. The molecule has 77 heavy (non-hydrogen) atoms. The molecule has 5 aromatic carbocycles. The number of anilines is 2. The number of thioether (sulfide) groups is 1. The fraction of sp³-hybridized carbons (Fsp3) is 0.411. The van der Waals surface area contributed by atoms with E-state index in [1.165, 1.54) is 40.6 Å². The van der Waals surface area contributed by atoms with Crippen LogP contribution in [0.5, 0.6) is 11.5 Å². The highest BCUT2D eigenvalue weighted by atomic mass is 35.5. The second-order valence-corrected chi connectivity index (χ2v) is 25.3. The molecule has 2 N–H and O–H groups in total. The maximum Gasteiger partial charge on any atom is 0.501 e. The van der Waals surface area contributed by atoms with Crippen LogP contribution in [0, 0.1) is 5.41 Å². The minimum atomic E-state index is -6.07. The van der Waals surface area contributed by atoms with E-state index in [0.717, 1.165) is 98.3 Å². The number of ether oxygens (including phenoxy) is 3. The molecule has 1 spiro atoms. The number of nitrogens with zero attached hydrogens (tertiary/aromatic N) is 4. The molecule has 3 heterocycles. The Bertz CT molecular complexity index is 3120. The number of hydrogen-bond donors (Lipinski definition) is 2. The van der Waals surface area contributed by atoms with Gasteiger partial charge >= 0.3 is 5.51 Å². The minimum absolute atomic E-state index is 0.0120. The van der Waals surface area contributed by atoms with Crippen LogP contribution in [0.15, 0.2) is 136 Å². The van der Waals surface area contributed by atoms with E-state index < -0.39 is 52.8 Å². The fourth-order valence-electron chi connectivity index (χ4n) is 10.8. The lowest BCUT2D eigenvalue weighted by Crippen LogP contribution is -2.57. The molecule has 0 aromatic heterocycles. The summed E-state index contributed by atoms with van der Waals surface area (Å²) in [5.74, 6) is 0.911. The number of carbonyl (C=O) groups is 1. The first-order valence-corrected chi connectivity index (χ1v) is 30.0. The Morgan fingerprint density at radius 3 is 2.19 bits per heavy atom. The maximum atomic E-state index is 14.3. The molecule has 3 aliphatic heterocycles. The first-order chi connectivity index (χ1) is 36.9. The second kappa shape index (κ2) is 24.4. The predicted molar refractivity (Wildman–Crippen MR) is 295 cm³/mol. The lowest BCUT2D eigenvalue weighted by atomic mass is 9.65. The quantitative estimate of drug-likeness (QED) is 0.0713. The molecule has 5 aromatic rings. The second-order valence-electron chi connectivity index (χ2n) is 20.1. The minimum Gasteiger partial charge on any atom is -0.497 e. The average Bonchev–Trinajstić information content (AvgIpc) is 3.44. The molecular formula is C56H64ClF3N6O8S3. The topological polar surface area (TPSA) is 150 Å². The zero-order valence-electron chi connectivity index (χ0n) is 43.1. The van der Waals surface area contributed by atoms with Crippen LogP contribution < -0.4 is 24.4 Å². The van der Waals surface area contributed by atoms with Crippen LogP contribution in [-0.4, -0.2) is 148 Å². The van der Waals surface area contributed by atoms with Gasteiger partial charge < -0.3 is 24.4 Å². The van der Waals surface area contributed by atoms with Crippen molar-refractivity contribution >= 4 is 66.1 Å². The summed E-state index contributed by atoms with van der Waals surface area (Å²) in [4.78, 5) is 21.7. The Balaban J connectivity index is 0.836. The Morgan fingerprint density at radius 1 is 0.805 bits per heavy atom. The van der Waals surface area contributed by atoms with Crippen molar-refractivity contribution in [3.8, 4) is 11.5 Å². The third-order valence-corrected chi connectivity index (χ3v) is 19.2. The van der Waals surface area contributed by atoms with Gasteiger partial charge in [-0.2, -0.15) is 13.2 Å². The van der Waals surface area contributed by atoms with Crippen LogP contribution in [0.25, 0.3) is 5.57 Å². The number of benzene rings is 5. The zero-order chi connectivity index (χ0) is 54.4. The number of methoxy groups -OCH3 is 2. The first kappa shape index (κ1) is 56.4. The molecule has 0 unspecified atom stereocenters. The number of allylic oxidation sites excluding steroid dienone is 1. The van der Waals surface area contributed by atoms with Crippen molar-refractivity contribution in [3.05, 3.63) is 143 Å². The molecule has 0 saturated carbocycles. The highest BCUT2D eigenvalue weighted by Crippen LogP contribution is 2.49. The molecule has 3 fully saturated rings. The van der Waals surface area contributed by atoms with Crippen LogP contribution in [0.1, 0.15) is 47.2 Å². The predicted octanol–water partition coefficient (Wildman–Crippen LogP) is 9.33.